The number of benzene rings is 1. The maximum atomic E-state index is 5.95. The fraction of sp³-hybridized carbons (Fsp3) is 0.214. The third-order valence-corrected chi connectivity index (χ3v) is 3.45. The van der Waals surface area contributed by atoms with Gasteiger partial charge in [0.15, 0.2) is 0 Å². The van der Waals surface area contributed by atoms with E-state index in [1.807, 2.05) is 6.07 Å². The van der Waals surface area contributed by atoms with Gasteiger partial charge in [-0.2, -0.15) is 0 Å². The molecular formula is C14H14ClN3. The molecule has 1 aromatic heterocycles. The van der Waals surface area contributed by atoms with Crippen molar-refractivity contribution in [1.82, 2.24) is 4.98 Å². The van der Waals surface area contributed by atoms with E-state index in [0.717, 1.165) is 25.3 Å². The number of halogens is 1. The van der Waals surface area contributed by atoms with Crippen molar-refractivity contribution < 1.29 is 0 Å². The van der Waals surface area contributed by atoms with Crippen molar-refractivity contribution >= 4 is 23.1 Å². The highest BCUT2D eigenvalue weighted by Crippen LogP contribution is 2.25. The van der Waals surface area contributed by atoms with Crippen molar-refractivity contribution in [3.63, 3.8) is 0 Å². The van der Waals surface area contributed by atoms with Gasteiger partial charge in [0, 0.05) is 24.8 Å². The predicted octanol–water partition coefficient (Wildman–Crippen LogP) is 2.88. The number of aromatic nitrogens is 1. The first-order chi connectivity index (χ1) is 8.72. The fourth-order valence-corrected chi connectivity index (χ4v) is 2.57. The van der Waals surface area contributed by atoms with E-state index in [2.05, 4.69) is 34.1 Å². The lowest BCUT2D eigenvalue weighted by Gasteiger charge is -2.30. The Bertz CT molecular complexity index is 563. The summed E-state index contributed by atoms with van der Waals surface area (Å²) in [5, 5.41) is 0.448. The van der Waals surface area contributed by atoms with Crippen LogP contribution >= 0.6 is 11.6 Å². The number of anilines is 2. The van der Waals surface area contributed by atoms with Gasteiger partial charge in [0.25, 0.3) is 0 Å². The van der Waals surface area contributed by atoms with Crippen molar-refractivity contribution in [1.29, 1.82) is 0 Å². The van der Waals surface area contributed by atoms with Crippen LogP contribution < -0.4 is 10.6 Å². The van der Waals surface area contributed by atoms with Gasteiger partial charge < -0.3 is 10.6 Å². The zero-order chi connectivity index (χ0) is 12.5. The summed E-state index contributed by atoms with van der Waals surface area (Å²) in [6, 6.07) is 12.1. The first kappa shape index (κ1) is 11.4. The van der Waals surface area contributed by atoms with Crippen LogP contribution in [0, 0.1) is 0 Å². The Morgan fingerprint density at radius 2 is 1.94 bits per heavy atom. The molecule has 2 N–H and O–H groups in total. The number of fused-ring (bicyclic) bond motifs is 1. The Morgan fingerprint density at radius 3 is 2.72 bits per heavy atom. The van der Waals surface area contributed by atoms with Crippen LogP contribution in [0.15, 0.2) is 36.4 Å². The van der Waals surface area contributed by atoms with Gasteiger partial charge >= 0.3 is 0 Å². The minimum absolute atomic E-state index is 0.448. The number of nitrogen functional groups attached to an aromatic ring is 1. The Morgan fingerprint density at radius 1 is 1.17 bits per heavy atom. The molecule has 4 heteroatoms. The van der Waals surface area contributed by atoms with E-state index in [1.165, 1.54) is 11.1 Å². The van der Waals surface area contributed by atoms with E-state index in [9.17, 15) is 0 Å². The van der Waals surface area contributed by atoms with Crippen LogP contribution in [0.5, 0.6) is 0 Å². The summed E-state index contributed by atoms with van der Waals surface area (Å²) in [5.41, 5.74) is 9.24. The third kappa shape index (κ3) is 2.14. The van der Waals surface area contributed by atoms with E-state index in [-0.39, 0.29) is 0 Å². The second-order valence-corrected chi connectivity index (χ2v) is 4.91. The summed E-state index contributed by atoms with van der Waals surface area (Å²) in [6.07, 6.45) is 1.03. The molecule has 1 aromatic carbocycles. The van der Waals surface area contributed by atoms with E-state index in [0.29, 0.717) is 10.8 Å². The average Bonchev–Trinajstić information content (AvgIpc) is 2.37. The predicted molar refractivity (Wildman–Crippen MR) is 74.9 cm³/mol. The zero-order valence-corrected chi connectivity index (χ0v) is 10.7. The Kier molecular flexibility index (Phi) is 2.84. The van der Waals surface area contributed by atoms with Crippen molar-refractivity contribution in [3.05, 3.63) is 52.7 Å². The minimum Gasteiger partial charge on any atom is -0.399 e. The second kappa shape index (κ2) is 4.50. The maximum Gasteiger partial charge on any atom is 0.133 e. The molecule has 0 spiro atoms. The SMILES string of the molecule is Nc1cc(Cl)nc(N2CCc3ccccc3C2)c1. The van der Waals surface area contributed by atoms with E-state index < -0.39 is 0 Å². The molecule has 0 atom stereocenters. The van der Waals surface area contributed by atoms with Gasteiger partial charge in [-0.15, -0.1) is 0 Å². The molecule has 92 valence electrons. The molecule has 0 unspecified atom stereocenters. The normalized spacial score (nSPS) is 14.4. The van der Waals surface area contributed by atoms with Crippen molar-refractivity contribution in [2.45, 2.75) is 13.0 Å². The molecule has 3 nitrogen and oxygen atoms in total. The molecule has 0 saturated heterocycles. The van der Waals surface area contributed by atoms with E-state index in [4.69, 9.17) is 17.3 Å². The largest absolute Gasteiger partial charge is 0.399 e. The molecule has 0 aliphatic carbocycles. The number of nitrogens with zero attached hydrogens (tertiary/aromatic N) is 2. The molecule has 3 rings (SSSR count). The van der Waals surface area contributed by atoms with Crippen molar-refractivity contribution in [2.24, 2.45) is 0 Å². The van der Waals surface area contributed by atoms with Crippen LogP contribution in [-0.4, -0.2) is 11.5 Å². The van der Waals surface area contributed by atoms with Crippen LogP contribution in [0.2, 0.25) is 5.15 Å². The maximum absolute atomic E-state index is 5.95. The molecule has 2 heterocycles. The topological polar surface area (TPSA) is 42.1 Å². The number of hydrogen-bond donors (Lipinski definition) is 1. The summed E-state index contributed by atoms with van der Waals surface area (Å²) in [4.78, 5) is 6.55. The highest BCUT2D eigenvalue weighted by Gasteiger charge is 2.17. The van der Waals surface area contributed by atoms with E-state index in [1.54, 1.807) is 6.07 Å². The Labute approximate surface area is 111 Å². The number of hydrogen-bond acceptors (Lipinski definition) is 3. The lowest BCUT2D eigenvalue weighted by molar-refractivity contribution is 0.721. The van der Waals surface area contributed by atoms with E-state index >= 15 is 0 Å². The van der Waals surface area contributed by atoms with Gasteiger partial charge in [-0.05, 0) is 23.6 Å². The first-order valence-electron chi connectivity index (χ1n) is 5.97. The van der Waals surface area contributed by atoms with Gasteiger partial charge in [-0.1, -0.05) is 35.9 Å². The lowest BCUT2D eigenvalue weighted by Crippen LogP contribution is -2.31. The molecule has 0 fully saturated rings. The summed E-state index contributed by atoms with van der Waals surface area (Å²) < 4.78 is 0. The molecule has 1 aliphatic heterocycles. The molecule has 0 saturated carbocycles. The summed E-state index contributed by atoms with van der Waals surface area (Å²) in [7, 11) is 0. The average molecular weight is 260 g/mol. The number of rotatable bonds is 1. The molecule has 0 radical (unpaired) electrons. The molecule has 1 aliphatic rings. The number of pyridine rings is 1. The first-order valence-corrected chi connectivity index (χ1v) is 6.35. The fourth-order valence-electron chi connectivity index (χ4n) is 2.36. The molecular weight excluding hydrogens is 246 g/mol. The van der Waals surface area contributed by atoms with Gasteiger partial charge in [0.05, 0.1) is 0 Å². The smallest absolute Gasteiger partial charge is 0.133 e. The Balaban J connectivity index is 1.91. The quantitative estimate of drug-likeness (QED) is 0.801. The summed E-state index contributed by atoms with van der Waals surface area (Å²) in [5.74, 6) is 0.856. The highest BCUT2D eigenvalue weighted by atomic mass is 35.5. The van der Waals surface area contributed by atoms with Crippen molar-refractivity contribution in [2.75, 3.05) is 17.2 Å². The van der Waals surface area contributed by atoms with Gasteiger partial charge in [-0.3, -0.25) is 0 Å². The standard InChI is InChI=1S/C14H14ClN3/c15-13-7-12(16)8-14(17-13)18-6-5-10-3-1-2-4-11(10)9-18/h1-4,7-8H,5-6,9H2,(H2,16,17). The Hall–Kier alpha value is -1.74. The van der Waals surface area contributed by atoms with Gasteiger partial charge in [0.1, 0.15) is 11.0 Å². The zero-order valence-electron chi connectivity index (χ0n) is 9.94. The van der Waals surface area contributed by atoms with Crippen LogP contribution in [0.25, 0.3) is 0 Å². The van der Waals surface area contributed by atoms with Crippen molar-refractivity contribution in [3.8, 4) is 0 Å². The van der Waals surface area contributed by atoms with Gasteiger partial charge in [0.2, 0.25) is 0 Å². The monoisotopic (exact) mass is 259 g/mol. The van der Waals surface area contributed by atoms with Crippen LogP contribution in [-0.2, 0) is 13.0 Å². The lowest BCUT2D eigenvalue weighted by atomic mass is 10.00. The molecule has 2 aromatic rings. The molecule has 18 heavy (non-hydrogen) atoms. The summed E-state index contributed by atoms with van der Waals surface area (Å²) >= 11 is 5.95. The number of nitrogens with two attached hydrogens (primary N) is 1. The third-order valence-electron chi connectivity index (χ3n) is 3.26. The van der Waals surface area contributed by atoms with Crippen LogP contribution in [0.1, 0.15) is 11.1 Å². The van der Waals surface area contributed by atoms with Crippen LogP contribution in [0.4, 0.5) is 11.5 Å². The molecule has 0 bridgehead atoms. The second-order valence-electron chi connectivity index (χ2n) is 4.52. The molecule has 0 amide bonds. The minimum atomic E-state index is 0.448. The van der Waals surface area contributed by atoms with Gasteiger partial charge in [-0.25, -0.2) is 4.98 Å². The summed E-state index contributed by atoms with van der Waals surface area (Å²) in [6.45, 7) is 1.81. The highest BCUT2D eigenvalue weighted by molar-refractivity contribution is 6.29. The van der Waals surface area contributed by atoms with Crippen LogP contribution in [0.3, 0.4) is 0 Å².